The number of alkyl halides is 2. The first-order valence-corrected chi connectivity index (χ1v) is 7.65. The Labute approximate surface area is 114 Å². The molecule has 0 saturated heterocycles. The van der Waals surface area contributed by atoms with Gasteiger partial charge in [-0.2, -0.15) is 0 Å². The lowest BCUT2D eigenvalue weighted by Gasteiger charge is -2.27. The van der Waals surface area contributed by atoms with E-state index in [2.05, 4.69) is 5.32 Å². The summed E-state index contributed by atoms with van der Waals surface area (Å²) in [5.74, 6) is -4.11. The van der Waals surface area contributed by atoms with Crippen LogP contribution in [0.3, 0.4) is 0 Å². The molecule has 1 aromatic carbocycles. The van der Waals surface area contributed by atoms with E-state index in [1.165, 1.54) is 0 Å². The van der Waals surface area contributed by atoms with Gasteiger partial charge in [-0.15, -0.1) is 0 Å². The van der Waals surface area contributed by atoms with Gasteiger partial charge in [-0.1, -0.05) is 0 Å². The van der Waals surface area contributed by atoms with Crippen molar-refractivity contribution < 1.29 is 26.7 Å². The summed E-state index contributed by atoms with van der Waals surface area (Å²) in [4.78, 5) is -0.0324. The summed E-state index contributed by atoms with van der Waals surface area (Å²) in [7, 11) is -3.49. The molecule has 0 amide bonds. The summed E-state index contributed by atoms with van der Waals surface area (Å²) in [5, 5.41) is 11.0. The quantitative estimate of drug-likeness (QED) is 0.822. The molecule has 2 rings (SSSR count). The number of hydrogen-bond donors (Lipinski definition) is 2. The molecule has 112 valence electrons. The molecule has 0 aromatic heterocycles. The van der Waals surface area contributed by atoms with Crippen LogP contribution in [-0.4, -0.2) is 38.4 Å². The highest BCUT2D eigenvalue weighted by Gasteiger charge is 2.34. The molecule has 0 spiro atoms. The summed E-state index contributed by atoms with van der Waals surface area (Å²) < 4.78 is 63.0. The van der Waals surface area contributed by atoms with Gasteiger partial charge in [0.1, 0.15) is 12.4 Å². The van der Waals surface area contributed by atoms with E-state index in [1.54, 1.807) is 0 Å². The van der Waals surface area contributed by atoms with E-state index >= 15 is 0 Å². The maximum Gasteiger partial charge on any atom is 0.282 e. The van der Waals surface area contributed by atoms with Crippen LogP contribution in [-0.2, 0) is 9.84 Å². The number of hydrogen-bond acceptors (Lipinski definition) is 4. The Balaban J connectivity index is 2.28. The van der Waals surface area contributed by atoms with Gasteiger partial charge in [-0.25, -0.2) is 21.6 Å². The molecule has 4 nitrogen and oxygen atoms in total. The maximum absolute atomic E-state index is 13.2. The molecular weight excluding hydrogens is 295 g/mol. The molecule has 1 aliphatic rings. The SMILES string of the molecule is O=S1(=O)CCC(NCC(F)(F)CO)c2cc(F)ccc21. The summed E-state index contributed by atoms with van der Waals surface area (Å²) >= 11 is 0. The van der Waals surface area contributed by atoms with Crippen LogP contribution < -0.4 is 5.32 Å². The summed E-state index contributed by atoms with van der Waals surface area (Å²) in [6.45, 7) is -2.11. The molecule has 1 atom stereocenters. The zero-order valence-electron chi connectivity index (χ0n) is 10.4. The zero-order chi connectivity index (χ0) is 15.0. The molecule has 20 heavy (non-hydrogen) atoms. The van der Waals surface area contributed by atoms with E-state index in [0.717, 1.165) is 18.2 Å². The molecule has 1 unspecified atom stereocenters. The average molecular weight is 309 g/mol. The molecular formula is C12H14F3NO3S. The van der Waals surface area contributed by atoms with Crippen molar-refractivity contribution in [1.82, 2.24) is 5.32 Å². The topological polar surface area (TPSA) is 66.4 Å². The van der Waals surface area contributed by atoms with Crippen LogP contribution in [0.1, 0.15) is 18.0 Å². The number of nitrogens with one attached hydrogen (secondary N) is 1. The van der Waals surface area contributed by atoms with Gasteiger partial charge in [0.15, 0.2) is 9.84 Å². The molecule has 0 bridgehead atoms. The third-order valence-electron chi connectivity index (χ3n) is 3.20. The maximum atomic E-state index is 13.2. The zero-order valence-corrected chi connectivity index (χ0v) is 11.3. The van der Waals surface area contributed by atoms with Crippen LogP contribution in [0.2, 0.25) is 0 Å². The van der Waals surface area contributed by atoms with Crippen molar-refractivity contribution in [3.63, 3.8) is 0 Å². The van der Waals surface area contributed by atoms with Gasteiger partial charge >= 0.3 is 0 Å². The van der Waals surface area contributed by atoms with Crippen molar-refractivity contribution >= 4 is 9.84 Å². The van der Waals surface area contributed by atoms with Crippen LogP contribution >= 0.6 is 0 Å². The monoisotopic (exact) mass is 309 g/mol. The fourth-order valence-corrected chi connectivity index (χ4v) is 3.76. The molecule has 1 heterocycles. The van der Waals surface area contributed by atoms with E-state index in [0.29, 0.717) is 0 Å². The lowest BCUT2D eigenvalue weighted by molar-refractivity contribution is -0.0495. The fourth-order valence-electron chi connectivity index (χ4n) is 2.15. The van der Waals surface area contributed by atoms with Crippen molar-refractivity contribution in [2.75, 3.05) is 18.9 Å². The lowest BCUT2D eigenvalue weighted by atomic mass is 10.0. The molecule has 0 radical (unpaired) electrons. The number of aliphatic hydroxyl groups excluding tert-OH is 1. The largest absolute Gasteiger partial charge is 0.390 e. The van der Waals surface area contributed by atoms with Gasteiger partial charge in [-0.05, 0) is 30.2 Å². The Bertz CT molecular complexity index is 604. The average Bonchev–Trinajstić information content (AvgIpc) is 2.37. The number of fused-ring (bicyclic) bond motifs is 1. The molecule has 0 fully saturated rings. The molecule has 1 aliphatic heterocycles. The minimum atomic E-state index is -3.49. The van der Waals surface area contributed by atoms with Crippen molar-refractivity contribution in [1.29, 1.82) is 0 Å². The number of halogens is 3. The predicted octanol–water partition coefficient (Wildman–Crippen LogP) is 1.26. The fraction of sp³-hybridized carbons (Fsp3) is 0.500. The van der Waals surface area contributed by atoms with Gasteiger partial charge in [0.25, 0.3) is 5.92 Å². The normalized spacial score (nSPS) is 21.5. The van der Waals surface area contributed by atoms with E-state index in [9.17, 15) is 21.6 Å². The first kappa shape index (κ1) is 15.3. The second-order valence-electron chi connectivity index (χ2n) is 4.74. The standard InChI is InChI=1S/C12H14F3NO3S/c13-8-1-2-11-9(5-8)10(3-4-20(11,18)19)16-6-12(14,15)7-17/h1-2,5,10,16-17H,3-4,6-7H2. The Morgan fingerprint density at radius 3 is 2.75 bits per heavy atom. The third kappa shape index (κ3) is 3.13. The second kappa shape index (κ2) is 5.34. The first-order valence-electron chi connectivity index (χ1n) is 5.99. The molecule has 2 N–H and O–H groups in total. The van der Waals surface area contributed by atoms with E-state index < -0.39 is 40.8 Å². The van der Waals surface area contributed by atoms with Crippen LogP contribution in [0.4, 0.5) is 13.2 Å². The van der Waals surface area contributed by atoms with E-state index in [-0.39, 0.29) is 22.6 Å². The smallest absolute Gasteiger partial charge is 0.282 e. The van der Waals surface area contributed by atoms with Gasteiger partial charge in [0.2, 0.25) is 0 Å². The Morgan fingerprint density at radius 2 is 2.10 bits per heavy atom. The van der Waals surface area contributed by atoms with Gasteiger partial charge in [0, 0.05) is 6.04 Å². The first-order chi connectivity index (χ1) is 9.25. The Hall–Kier alpha value is -1.12. The highest BCUT2D eigenvalue weighted by Crippen LogP contribution is 2.33. The van der Waals surface area contributed by atoms with Crippen LogP contribution in [0.15, 0.2) is 23.1 Å². The number of aliphatic hydroxyl groups is 1. The molecule has 0 aliphatic carbocycles. The summed E-state index contributed by atoms with van der Waals surface area (Å²) in [6.07, 6.45) is 0.0836. The lowest BCUT2D eigenvalue weighted by Crippen LogP contribution is -2.39. The van der Waals surface area contributed by atoms with E-state index in [1.807, 2.05) is 0 Å². The van der Waals surface area contributed by atoms with Crippen LogP contribution in [0.25, 0.3) is 0 Å². The van der Waals surface area contributed by atoms with Crippen molar-refractivity contribution in [3.05, 3.63) is 29.6 Å². The van der Waals surface area contributed by atoms with Gasteiger partial charge in [0.05, 0.1) is 17.2 Å². The third-order valence-corrected chi connectivity index (χ3v) is 5.01. The Kier molecular flexibility index (Phi) is 4.08. The number of benzene rings is 1. The van der Waals surface area contributed by atoms with Crippen LogP contribution in [0, 0.1) is 5.82 Å². The molecule has 0 saturated carbocycles. The second-order valence-corrected chi connectivity index (χ2v) is 6.81. The summed E-state index contributed by atoms with van der Waals surface area (Å²) in [6, 6.07) is 2.54. The highest BCUT2D eigenvalue weighted by atomic mass is 32.2. The predicted molar refractivity (Wildman–Crippen MR) is 65.8 cm³/mol. The van der Waals surface area contributed by atoms with Crippen LogP contribution in [0.5, 0.6) is 0 Å². The van der Waals surface area contributed by atoms with Gasteiger partial charge in [-0.3, -0.25) is 0 Å². The number of sulfone groups is 1. The van der Waals surface area contributed by atoms with Crippen molar-refractivity contribution in [2.24, 2.45) is 0 Å². The molecule has 1 aromatic rings. The minimum absolute atomic E-state index is 0.0324. The van der Waals surface area contributed by atoms with Gasteiger partial charge < -0.3 is 10.4 Å². The van der Waals surface area contributed by atoms with E-state index in [4.69, 9.17) is 5.11 Å². The highest BCUT2D eigenvalue weighted by molar-refractivity contribution is 7.91. The number of rotatable bonds is 4. The van der Waals surface area contributed by atoms with Crippen molar-refractivity contribution in [3.8, 4) is 0 Å². The molecule has 8 heteroatoms. The van der Waals surface area contributed by atoms with Crippen molar-refractivity contribution in [2.45, 2.75) is 23.3 Å². The Morgan fingerprint density at radius 1 is 1.40 bits per heavy atom. The summed E-state index contributed by atoms with van der Waals surface area (Å²) in [5.41, 5.74) is 0.157. The minimum Gasteiger partial charge on any atom is -0.390 e.